The number of aliphatic hydroxyl groups excluding tert-OH is 1. The molecule has 0 aliphatic carbocycles. The molecule has 0 aliphatic rings. The minimum absolute atomic E-state index is 0.0178. The van der Waals surface area contributed by atoms with Gasteiger partial charge in [0.15, 0.2) is 5.52 Å². The summed E-state index contributed by atoms with van der Waals surface area (Å²) in [4.78, 5) is 21.8. The van der Waals surface area contributed by atoms with Gasteiger partial charge in [-0.05, 0) is 29.2 Å². The number of ketones is 1. The highest BCUT2D eigenvalue weighted by Gasteiger charge is 2.19. The van der Waals surface area contributed by atoms with E-state index in [-0.39, 0.29) is 23.6 Å². The van der Waals surface area contributed by atoms with Gasteiger partial charge in [0.05, 0.1) is 10.6 Å². The maximum atomic E-state index is 11.5. The van der Waals surface area contributed by atoms with Gasteiger partial charge in [0.1, 0.15) is 5.78 Å². The molecule has 1 heterocycles. The van der Waals surface area contributed by atoms with Gasteiger partial charge < -0.3 is 10.4 Å². The summed E-state index contributed by atoms with van der Waals surface area (Å²) in [6, 6.07) is 2.87. The van der Waals surface area contributed by atoms with E-state index in [9.17, 15) is 14.9 Å². The number of nitro benzene ring substituents is 1. The molecule has 0 atom stereocenters. The monoisotopic (exact) mass is 308 g/mol. The van der Waals surface area contributed by atoms with E-state index in [1.807, 2.05) is 0 Å². The zero-order valence-electron chi connectivity index (χ0n) is 11.8. The van der Waals surface area contributed by atoms with E-state index in [1.165, 1.54) is 12.1 Å². The highest BCUT2D eigenvalue weighted by Crippen LogP contribution is 2.28. The predicted octanol–water partition coefficient (Wildman–Crippen LogP) is 1.66. The molecule has 0 fully saturated rings. The van der Waals surface area contributed by atoms with Gasteiger partial charge in [-0.2, -0.15) is 0 Å². The van der Waals surface area contributed by atoms with Crippen molar-refractivity contribution in [3.8, 4) is 0 Å². The Labute approximate surface area is 125 Å². The van der Waals surface area contributed by atoms with E-state index in [2.05, 4.69) is 20.3 Å². The van der Waals surface area contributed by atoms with E-state index in [0.717, 1.165) is 0 Å². The van der Waals surface area contributed by atoms with Crippen molar-refractivity contribution < 1.29 is 19.5 Å². The molecule has 1 aromatic carbocycles. The van der Waals surface area contributed by atoms with Gasteiger partial charge in [-0.1, -0.05) is 0 Å². The number of nitrogens with zero attached hydrogens (tertiary/aromatic N) is 3. The van der Waals surface area contributed by atoms with Crippen LogP contribution >= 0.6 is 0 Å². The fourth-order valence-electron chi connectivity index (χ4n) is 2.05. The molecule has 0 radical (unpaired) electrons. The van der Waals surface area contributed by atoms with Gasteiger partial charge >= 0.3 is 5.69 Å². The Morgan fingerprint density at radius 3 is 2.73 bits per heavy atom. The number of hydrogen-bond acceptors (Lipinski definition) is 8. The first-order valence-corrected chi connectivity index (χ1v) is 6.89. The number of carbonyl (C=O) groups is 1. The molecule has 0 unspecified atom stereocenters. The van der Waals surface area contributed by atoms with Gasteiger partial charge in [-0.25, -0.2) is 4.63 Å². The lowest BCUT2D eigenvalue weighted by Crippen LogP contribution is -2.06. The largest absolute Gasteiger partial charge is 0.396 e. The molecule has 2 aromatic rings. The number of aliphatic hydroxyl groups is 1. The minimum atomic E-state index is -0.545. The SMILES string of the molecule is O=C(CCCO)CCCNc1ccc([N+](=O)[O-])c2nonc12. The van der Waals surface area contributed by atoms with Crippen molar-refractivity contribution in [1.82, 2.24) is 10.3 Å². The Bertz CT molecular complexity index is 669. The molecule has 22 heavy (non-hydrogen) atoms. The summed E-state index contributed by atoms with van der Waals surface area (Å²) in [5, 5.41) is 29.8. The van der Waals surface area contributed by atoms with E-state index in [1.54, 1.807) is 0 Å². The van der Waals surface area contributed by atoms with Crippen molar-refractivity contribution in [3.05, 3.63) is 22.2 Å². The molecule has 9 nitrogen and oxygen atoms in total. The lowest BCUT2D eigenvalue weighted by atomic mass is 10.1. The Balaban J connectivity index is 1.93. The number of Topliss-reactive ketones (excluding diaryl/α,β-unsaturated/α-hetero) is 1. The second-order valence-corrected chi connectivity index (χ2v) is 4.75. The first kappa shape index (κ1) is 15.8. The number of non-ortho nitro benzene ring substituents is 1. The number of aromatic nitrogens is 2. The maximum absolute atomic E-state index is 11.5. The molecule has 0 bridgehead atoms. The normalized spacial score (nSPS) is 10.8. The van der Waals surface area contributed by atoms with Crippen molar-refractivity contribution in [2.45, 2.75) is 25.7 Å². The third-order valence-corrected chi connectivity index (χ3v) is 3.15. The molecular weight excluding hydrogens is 292 g/mol. The van der Waals surface area contributed by atoms with E-state index in [0.29, 0.717) is 43.4 Å². The van der Waals surface area contributed by atoms with Crippen LogP contribution < -0.4 is 5.32 Å². The molecule has 1 aromatic heterocycles. The number of fused-ring (bicyclic) bond motifs is 1. The Hall–Kier alpha value is -2.55. The van der Waals surface area contributed by atoms with Gasteiger partial charge in [-0.3, -0.25) is 14.9 Å². The molecule has 0 saturated heterocycles. The average Bonchev–Trinajstić information content (AvgIpc) is 2.98. The second-order valence-electron chi connectivity index (χ2n) is 4.75. The number of rotatable bonds is 9. The van der Waals surface area contributed by atoms with E-state index >= 15 is 0 Å². The van der Waals surface area contributed by atoms with Crippen molar-refractivity contribution in [2.24, 2.45) is 0 Å². The summed E-state index contributed by atoms with van der Waals surface area (Å²) < 4.78 is 4.56. The first-order valence-electron chi connectivity index (χ1n) is 6.89. The van der Waals surface area contributed by atoms with Crippen LogP contribution in [0.4, 0.5) is 11.4 Å². The van der Waals surface area contributed by atoms with Gasteiger partial charge in [0.25, 0.3) is 0 Å². The molecule has 0 aliphatic heterocycles. The number of carbonyl (C=O) groups excluding carboxylic acids is 1. The quantitative estimate of drug-likeness (QED) is 0.406. The zero-order chi connectivity index (χ0) is 15.9. The highest BCUT2D eigenvalue weighted by molar-refractivity contribution is 5.93. The van der Waals surface area contributed by atoms with E-state index in [4.69, 9.17) is 5.11 Å². The molecule has 0 amide bonds. The lowest BCUT2D eigenvalue weighted by Gasteiger charge is -2.06. The molecule has 2 rings (SSSR count). The number of benzene rings is 1. The summed E-state index contributed by atoms with van der Waals surface area (Å²) in [7, 11) is 0. The van der Waals surface area contributed by atoms with Crippen molar-refractivity contribution >= 4 is 28.2 Å². The fraction of sp³-hybridized carbons (Fsp3) is 0.462. The van der Waals surface area contributed by atoms with Crippen LogP contribution in [0.2, 0.25) is 0 Å². The Morgan fingerprint density at radius 2 is 2.00 bits per heavy atom. The van der Waals surface area contributed by atoms with Crippen LogP contribution in [-0.4, -0.2) is 39.3 Å². The fourth-order valence-corrected chi connectivity index (χ4v) is 2.05. The summed E-state index contributed by atoms with van der Waals surface area (Å²) in [5.74, 6) is 0.104. The second kappa shape index (κ2) is 7.46. The first-order chi connectivity index (χ1) is 10.6. The average molecular weight is 308 g/mol. The number of nitrogens with one attached hydrogen (secondary N) is 1. The summed E-state index contributed by atoms with van der Waals surface area (Å²) in [6.07, 6.45) is 1.90. The zero-order valence-corrected chi connectivity index (χ0v) is 11.8. The Morgan fingerprint density at radius 1 is 1.27 bits per heavy atom. The van der Waals surface area contributed by atoms with Crippen LogP contribution in [0.25, 0.3) is 11.0 Å². The van der Waals surface area contributed by atoms with Crippen molar-refractivity contribution in [2.75, 3.05) is 18.5 Å². The third kappa shape index (κ3) is 3.76. The molecule has 2 N–H and O–H groups in total. The van der Waals surface area contributed by atoms with Crippen molar-refractivity contribution in [1.29, 1.82) is 0 Å². The molecular formula is C13H16N4O5. The molecule has 9 heteroatoms. The number of anilines is 1. The number of nitro groups is 1. The minimum Gasteiger partial charge on any atom is -0.396 e. The smallest absolute Gasteiger partial charge is 0.300 e. The van der Waals surface area contributed by atoms with Crippen LogP contribution in [0.15, 0.2) is 16.8 Å². The number of hydrogen-bond donors (Lipinski definition) is 2. The highest BCUT2D eigenvalue weighted by atomic mass is 16.6. The van der Waals surface area contributed by atoms with Crippen LogP contribution in [0.5, 0.6) is 0 Å². The van der Waals surface area contributed by atoms with Crippen LogP contribution in [-0.2, 0) is 4.79 Å². The Kier molecular flexibility index (Phi) is 5.37. The maximum Gasteiger partial charge on any atom is 0.300 e. The lowest BCUT2D eigenvalue weighted by molar-refractivity contribution is -0.383. The summed E-state index contributed by atoms with van der Waals surface area (Å²) in [6.45, 7) is 0.536. The van der Waals surface area contributed by atoms with Crippen LogP contribution in [0.3, 0.4) is 0 Å². The van der Waals surface area contributed by atoms with Crippen LogP contribution in [0, 0.1) is 10.1 Å². The van der Waals surface area contributed by atoms with Crippen LogP contribution in [0.1, 0.15) is 25.7 Å². The summed E-state index contributed by atoms with van der Waals surface area (Å²) >= 11 is 0. The van der Waals surface area contributed by atoms with Gasteiger partial charge in [0, 0.05) is 32.1 Å². The standard InChI is InChI=1S/C13H16N4O5/c18-8-2-4-9(19)3-1-7-14-10-5-6-11(17(20)21)13-12(10)15-22-16-13/h5-6,14,18H,1-4,7-8H2. The molecule has 118 valence electrons. The van der Waals surface area contributed by atoms with E-state index < -0.39 is 4.92 Å². The van der Waals surface area contributed by atoms with Crippen molar-refractivity contribution in [3.63, 3.8) is 0 Å². The topological polar surface area (TPSA) is 131 Å². The van der Waals surface area contributed by atoms with Gasteiger partial charge in [-0.15, -0.1) is 0 Å². The third-order valence-electron chi connectivity index (χ3n) is 3.15. The summed E-state index contributed by atoms with van der Waals surface area (Å²) in [5.41, 5.74) is 0.792. The predicted molar refractivity (Wildman–Crippen MR) is 77.5 cm³/mol. The van der Waals surface area contributed by atoms with Gasteiger partial charge in [0.2, 0.25) is 5.52 Å². The molecule has 0 spiro atoms. The molecule has 0 saturated carbocycles.